The van der Waals surface area contributed by atoms with Gasteiger partial charge in [-0.2, -0.15) is 0 Å². The lowest BCUT2D eigenvalue weighted by molar-refractivity contribution is 0.0707. The van der Waals surface area contributed by atoms with Crippen LogP contribution in [0.5, 0.6) is 5.88 Å². The van der Waals surface area contributed by atoms with Gasteiger partial charge >= 0.3 is 0 Å². The average molecular weight is 280 g/mol. The zero-order valence-electron chi connectivity index (χ0n) is 12.5. The van der Waals surface area contributed by atoms with Crippen molar-refractivity contribution in [1.82, 2.24) is 9.97 Å². The summed E-state index contributed by atoms with van der Waals surface area (Å²) in [5.41, 5.74) is 6.90. The van der Waals surface area contributed by atoms with Crippen molar-refractivity contribution in [3.05, 3.63) is 11.9 Å². The Hall–Kier alpha value is -1.40. The summed E-state index contributed by atoms with van der Waals surface area (Å²) in [6, 6.07) is 0.247. The Morgan fingerprint density at radius 2 is 2.25 bits per heavy atom. The van der Waals surface area contributed by atoms with E-state index in [0.29, 0.717) is 19.0 Å². The van der Waals surface area contributed by atoms with Gasteiger partial charge in [-0.25, -0.2) is 9.97 Å². The first-order valence-electron chi connectivity index (χ1n) is 7.15. The second-order valence-electron chi connectivity index (χ2n) is 5.03. The predicted octanol–water partition coefficient (Wildman–Crippen LogP) is 1.13. The molecular weight excluding hydrogens is 256 g/mol. The molecule has 0 aromatic carbocycles. The van der Waals surface area contributed by atoms with E-state index in [4.69, 9.17) is 15.2 Å². The Balaban J connectivity index is 2.24. The summed E-state index contributed by atoms with van der Waals surface area (Å²) >= 11 is 0. The molecule has 20 heavy (non-hydrogen) atoms. The van der Waals surface area contributed by atoms with E-state index in [-0.39, 0.29) is 12.1 Å². The van der Waals surface area contributed by atoms with Crippen LogP contribution in [0.15, 0.2) is 6.33 Å². The SMILES string of the molecule is CCOc1ncnc(N2CCC(OC)CC2CN)c1C. The lowest BCUT2D eigenvalue weighted by atomic mass is 9.99. The number of hydrogen-bond donors (Lipinski definition) is 1. The maximum Gasteiger partial charge on any atom is 0.221 e. The van der Waals surface area contributed by atoms with Crippen molar-refractivity contribution < 1.29 is 9.47 Å². The quantitative estimate of drug-likeness (QED) is 0.871. The highest BCUT2D eigenvalue weighted by Gasteiger charge is 2.30. The van der Waals surface area contributed by atoms with Gasteiger partial charge < -0.3 is 20.1 Å². The number of ether oxygens (including phenoxy) is 2. The van der Waals surface area contributed by atoms with E-state index in [1.165, 1.54) is 0 Å². The molecular formula is C14H24N4O2. The molecule has 1 aliphatic heterocycles. The van der Waals surface area contributed by atoms with Gasteiger partial charge in [-0.1, -0.05) is 0 Å². The van der Waals surface area contributed by atoms with Crippen LogP contribution in [0.4, 0.5) is 5.82 Å². The largest absolute Gasteiger partial charge is 0.478 e. The Bertz CT molecular complexity index is 441. The van der Waals surface area contributed by atoms with Crippen molar-refractivity contribution in [2.45, 2.75) is 38.8 Å². The first-order chi connectivity index (χ1) is 9.71. The maximum absolute atomic E-state index is 5.92. The fourth-order valence-corrected chi connectivity index (χ4v) is 2.73. The normalized spacial score (nSPS) is 22.9. The number of nitrogens with two attached hydrogens (primary N) is 1. The zero-order valence-corrected chi connectivity index (χ0v) is 12.5. The molecule has 2 unspecified atom stereocenters. The lowest BCUT2D eigenvalue weighted by Crippen LogP contribution is -2.49. The molecule has 0 spiro atoms. The van der Waals surface area contributed by atoms with E-state index < -0.39 is 0 Å². The third kappa shape index (κ3) is 3.02. The van der Waals surface area contributed by atoms with Gasteiger partial charge in [-0.3, -0.25) is 0 Å². The summed E-state index contributed by atoms with van der Waals surface area (Å²) in [7, 11) is 1.76. The molecule has 0 amide bonds. The summed E-state index contributed by atoms with van der Waals surface area (Å²) in [6.07, 6.45) is 3.76. The van der Waals surface area contributed by atoms with Crippen molar-refractivity contribution in [2.24, 2.45) is 5.73 Å². The highest BCUT2D eigenvalue weighted by molar-refractivity contribution is 5.51. The molecule has 1 aliphatic rings. The van der Waals surface area contributed by atoms with Crippen LogP contribution < -0.4 is 15.4 Å². The van der Waals surface area contributed by atoms with E-state index >= 15 is 0 Å². The highest BCUT2D eigenvalue weighted by atomic mass is 16.5. The molecule has 0 saturated carbocycles. The van der Waals surface area contributed by atoms with Gasteiger partial charge in [0.2, 0.25) is 5.88 Å². The summed E-state index contributed by atoms with van der Waals surface area (Å²) in [5, 5.41) is 0. The first kappa shape index (κ1) is 15.0. The van der Waals surface area contributed by atoms with E-state index in [9.17, 15) is 0 Å². The molecule has 2 atom stereocenters. The molecule has 6 heteroatoms. The summed E-state index contributed by atoms with van der Waals surface area (Å²) in [6.45, 7) is 6.03. The Morgan fingerprint density at radius 3 is 2.90 bits per heavy atom. The first-order valence-corrected chi connectivity index (χ1v) is 7.15. The summed E-state index contributed by atoms with van der Waals surface area (Å²) < 4.78 is 11.0. The van der Waals surface area contributed by atoms with Crippen molar-refractivity contribution in [3.63, 3.8) is 0 Å². The number of hydrogen-bond acceptors (Lipinski definition) is 6. The van der Waals surface area contributed by atoms with E-state index in [2.05, 4.69) is 14.9 Å². The van der Waals surface area contributed by atoms with Crippen LogP contribution in [0.25, 0.3) is 0 Å². The van der Waals surface area contributed by atoms with Gasteiger partial charge in [0, 0.05) is 26.2 Å². The van der Waals surface area contributed by atoms with Gasteiger partial charge in [0.25, 0.3) is 0 Å². The predicted molar refractivity (Wildman–Crippen MR) is 78.2 cm³/mol. The molecule has 6 nitrogen and oxygen atoms in total. The zero-order chi connectivity index (χ0) is 14.5. The van der Waals surface area contributed by atoms with Crippen molar-refractivity contribution in [1.29, 1.82) is 0 Å². The van der Waals surface area contributed by atoms with Crippen molar-refractivity contribution in [2.75, 3.05) is 31.7 Å². The molecule has 0 radical (unpaired) electrons. The number of methoxy groups -OCH3 is 1. The molecule has 2 N–H and O–H groups in total. The fraction of sp³-hybridized carbons (Fsp3) is 0.714. The molecule has 1 aromatic rings. The topological polar surface area (TPSA) is 73.5 Å². The second kappa shape index (κ2) is 6.85. The minimum atomic E-state index is 0.247. The standard InChI is InChI=1S/C14H24N4O2/c1-4-20-14-10(2)13(16-9-17-14)18-6-5-12(19-3)7-11(18)8-15/h9,11-12H,4-8,15H2,1-3H3. The van der Waals surface area contributed by atoms with Crippen molar-refractivity contribution >= 4 is 5.82 Å². The third-order valence-corrected chi connectivity index (χ3v) is 3.84. The fourth-order valence-electron chi connectivity index (χ4n) is 2.73. The molecule has 1 aromatic heterocycles. The molecule has 0 aliphatic carbocycles. The minimum absolute atomic E-state index is 0.247. The van der Waals surface area contributed by atoms with Crippen LogP contribution >= 0.6 is 0 Å². The highest BCUT2D eigenvalue weighted by Crippen LogP contribution is 2.29. The van der Waals surface area contributed by atoms with Crippen LogP contribution in [0.3, 0.4) is 0 Å². The van der Waals surface area contributed by atoms with E-state index in [1.54, 1.807) is 13.4 Å². The number of aromatic nitrogens is 2. The number of anilines is 1. The lowest BCUT2D eigenvalue weighted by Gasteiger charge is -2.39. The third-order valence-electron chi connectivity index (χ3n) is 3.84. The monoisotopic (exact) mass is 280 g/mol. The second-order valence-corrected chi connectivity index (χ2v) is 5.03. The summed E-state index contributed by atoms with van der Waals surface area (Å²) in [5.74, 6) is 1.58. The van der Waals surface area contributed by atoms with E-state index in [1.807, 2.05) is 13.8 Å². The molecule has 2 rings (SSSR count). The van der Waals surface area contributed by atoms with Crippen LogP contribution in [-0.2, 0) is 4.74 Å². The Labute approximate surface area is 120 Å². The van der Waals surface area contributed by atoms with Gasteiger partial charge in [0.1, 0.15) is 12.1 Å². The van der Waals surface area contributed by atoms with Crippen LogP contribution in [0, 0.1) is 6.92 Å². The average Bonchev–Trinajstić information content (AvgIpc) is 2.49. The van der Waals surface area contributed by atoms with Gasteiger partial charge in [0.05, 0.1) is 18.3 Å². The van der Waals surface area contributed by atoms with Crippen molar-refractivity contribution in [3.8, 4) is 5.88 Å². The summed E-state index contributed by atoms with van der Waals surface area (Å²) in [4.78, 5) is 10.9. The molecule has 0 bridgehead atoms. The Kier molecular flexibility index (Phi) is 5.14. The number of piperidine rings is 1. The van der Waals surface area contributed by atoms with Crippen LogP contribution in [0.2, 0.25) is 0 Å². The number of nitrogens with zero attached hydrogens (tertiary/aromatic N) is 3. The molecule has 112 valence electrons. The van der Waals surface area contributed by atoms with Gasteiger partial charge in [-0.05, 0) is 26.7 Å². The number of rotatable bonds is 5. The minimum Gasteiger partial charge on any atom is -0.478 e. The molecule has 1 saturated heterocycles. The van der Waals surface area contributed by atoms with E-state index in [0.717, 1.165) is 30.8 Å². The smallest absolute Gasteiger partial charge is 0.221 e. The maximum atomic E-state index is 5.92. The molecule has 2 heterocycles. The van der Waals surface area contributed by atoms with Crippen LogP contribution in [-0.4, -0.2) is 48.9 Å². The van der Waals surface area contributed by atoms with Gasteiger partial charge in [0.15, 0.2) is 0 Å². The van der Waals surface area contributed by atoms with Gasteiger partial charge in [-0.15, -0.1) is 0 Å². The Morgan fingerprint density at radius 1 is 1.45 bits per heavy atom. The molecule has 1 fully saturated rings. The van der Waals surface area contributed by atoms with Crippen LogP contribution in [0.1, 0.15) is 25.3 Å².